The minimum Gasteiger partial charge on any atom is -0.392 e. The van der Waals surface area contributed by atoms with E-state index in [2.05, 4.69) is 16.4 Å². The van der Waals surface area contributed by atoms with Gasteiger partial charge < -0.3 is 10.4 Å². The molecule has 1 atom stereocenters. The maximum absolute atomic E-state index is 11.8. The van der Waals surface area contributed by atoms with E-state index in [1.54, 1.807) is 18.0 Å². The summed E-state index contributed by atoms with van der Waals surface area (Å²) in [6.45, 7) is 3.79. The van der Waals surface area contributed by atoms with Gasteiger partial charge in [-0.1, -0.05) is 19.9 Å². The van der Waals surface area contributed by atoms with Gasteiger partial charge in [0.15, 0.2) is 0 Å². The fourth-order valence-electron chi connectivity index (χ4n) is 1.92. The van der Waals surface area contributed by atoms with Crippen LogP contribution < -0.4 is 5.32 Å². The van der Waals surface area contributed by atoms with Crippen LogP contribution in [0.5, 0.6) is 0 Å². The Hall–Kier alpha value is -1.85. The van der Waals surface area contributed by atoms with Gasteiger partial charge in [-0.3, -0.25) is 9.78 Å². The van der Waals surface area contributed by atoms with Crippen molar-refractivity contribution >= 4 is 23.4 Å². The molecule has 0 radical (unpaired) electrons. The molecular formula is C18H22N2O2S. The first-order valence-corrected chi connectivity index (χ1v) is 8.63. The number of pyridine rings is 1. The molecule has 0 aliphatic carbocycles. The van der Waals surface area contributed by atoms with Crippen LogP contribution in [0.25, 0.3) is 0 Å². The summed E-state index contributed by atoms with van der Waals surface area (Å²) in [5.41, 5.74) is 1.93. The van der Waals surface area contributed by atoms with E-state index in [4.69, 9.17) is 0 Å². The lowest BCUT2D eigenvalue weighted by Gasteiger charge is -2.14. The van der Waals surface area contributed by atoms with E-state index < -0.39 is 6.10 Å². The number of nitrogens with zero attached hydrogens (tertiary/aromatic N) is 1. The first-order chi connectivity index (χ1) is 11.0. The van der Waals surface area contributed by atoms with E-state index in [1.807, 2.05) is 50.4 Å². The highest BCUT2D eigenvalue weighted by Crippen LogP contribution is 2.24. The lowest BCUT2D eigenvalue weighted by molar-refractivity contribution is -0.118. The molecule has 1 aromatic heterocycles. The number of carbonyl (C=O) groups is 1. The van der Waals surface area contributed by atoms with E-state index in [9.17, 15) is 9.90 Å². The van der Waals surface area contributed by atoms with Gasteiger partial charge in [0.05, 0.1) is 12.5 Å². The smallest absolute Gasteiger partial charge is 0.226 e. The van der Waals surface area contributed by atoms with Crippen LogP contribution in [-0.4, -0.2) is 22.1 Å². The van der Waals surface area contributed by atoms with Crippen molar-refractivity contribution in [1.29, 1.82) is 0 Å². The van der Waals surface area contributed by atoms with Crippen LogP contribution in [0.2, 0.25) is 0 Å². The van der Waals surface area contributed by atoms with Gasteiger partial charge in [-0.15, -0.1) is 11.8 Å². The molecule has 5 heteroatoms. The largest absolute Gasteiger partial charge is 0.392 e. The summed E-state index contributed by atoms with van der Waals surface area (Å²) >= 11 is 1.72. The zero-order chi connectivity index (χ0) is 16.7. The monoisotopic (exact) mass is 330 g/mol. The Bertz CT molecular complexity index is 615. The predicted molar refractivity (Wildman–Crippen MR) is 94.3 cm³/mol. The average Bonchev–Trinajstić information content (AvgIpc) is 2.55. The van der Waals surface area contributed by atoms with Crippen LogP contribution in [0.1, 0.15) is 25.8 Å². The van der Waals surface area contributed by atoms with Gasteiger partial charge in [0.2, 0.25) is 5.91 Å². The van der Waals surface area contributed by atoms with Crippen LogP contribution in [0, 0.1) is 5.92 Å². The Balaban J connectivity index is 1.83. The van der Waals surface area contributed by atoms with Crippen LogP contribution in [0.15, 0.2) is 53.7 Å². The van der Waals surface area contributed by atoms with Crippen LogP contribution >= 0.6 is 11.8 Å². The molecule has 122 valence electrons. The van der Waals surface area contributed by atoms with Crippen molar-refractivity contribution in [3.8, 4) is 0 Å². The van der Waals surface area contributed by atoms with Crippen molar-refractivity contribution < 1.29 is 9.90 Å². The molecule has 23 heavy (non-hydrogen) atoms. The fourth-order valence-corrected chi connectivity index (χ4v) is 2.75. The van der Waals surface area contributed by atoms with E-state index in [-0.39, 0.29) is 18.2 Å². The van der Waals surface area contributed by atoms with Gasteiger partial charge in [0, 0.05) is 28.7 Å². The summed E-state index contributed by atoms with van der Waals surface area (Å²) in [5, 5.41) is 12.5. The fraction of sp³-hybridized carbons (Fsp3) is 0.333. The minimum absolute atomic E-state index is 0.0759. The van der Waals surface area contributed by atoms with Crippen molar-refractivity contribution in [3.05, 3.63) is 54.4 Å². The van der Waals surface area contributed by atoms with Crippen LogP contribution in [-0.2, 0) is 10.5 Å². The van der Waals surface area contributed by atoms with Gasteiger partial charge in [-0.2, -0.15) is 0 Å². The van der Waals surface area contributed by atoms with Gasteiger partial charge in [0.25, 0.3) is 0 Å². The standard InChI is InChI=1S/C18H22N2O2S/c1-13(2)17(21)10-18(22)20-15-5-7-16(8-6-15)23-12-14-4-3-9-19-11-14/h3-9,11,13,17,21H,10,12H2,1-2H3,(H,20,22). The lowest BCUT2D eigenvalue weighted by Crippen LogP contribution is -2.23. The van der Waals surface area contributed by atoms with E-state index in [0.29, 0.717) is 0 Å². The summed E-state index contributed by atoms with van der Waals surface area (Å²) in [6, 6.07) is 11.7. The molecule has 4 nitrogen and oxygen atoms in total. The maximum Gasteiger partial charge on any atom is 0.226 e. The zero-order valence-electron chi connectivity index (χ0n) is 13.4. The first kappa shape index (κ1) is 17.5. The van der Waals surface area contributed by atoms with Crippen molar-refractivity contribution in [2.75, 3.05) is 5.32 Å². The predicted octanol–water partition coefficient (Wildman–Crippen LogP) is 3.72. The van der Waals surface area contributed by atoms with E-state index in [0.717, 1.165) is 16.3 Å². The number of aliphatic hydroxyl groups is 1. The minimum atomic E-state index is -0.607. The molecule has 1 unspecified atom stereocenters. The second-order valence-corrected chi connectivity index (χ2v) is 6.79. The number of carbonyl (C=O) groups excluding carboxylic acids is 1. The number of hydrogen-bond donors (Lipinski definition) is 2. The quantitative estimate of drug-likeness (QED) is 0.760. The molecule has 1 heterocycles. The second kappa shape index (κ2) is 8.70. The molecule has 1 aromatic carbocycles. The maximum atomic E-state index is 11.8. The topological polar surface area (TPSA) is 62.2 Å². The summed E-state index contributed by atoms with van der Waals surface area (Å²) in [5.74, 6) is 0.772. The molecule has 1 amide bonds. The molecule has 0 aliphatic rings. The molecule has 2 aromatic rings. The third kappa shape index (κ3) is 6.04. The normalized spacial score (nSPS) is 12.2. The summed E-state index contributed by atoms with van der Waals surface area (Å²) in [7, 11) is 0. The second-order valence-electron chi connectivity index (χ2n) is 5.74. The van der Waals surface area contributed by atoms with Crippen molar-refractivity contribution in [2.24, 2.45) is 5.92 Å². The zero-order valence-corrected chi connectivity index (χ0v) is 14.2. The number of benzene rings is 1. The van der Waals surface area contributed by atoms with Crippen molar-refractivity contribution in [2.45, 2.75) is 37.0 Å². The third-order valence-corrected chi connectivity index (χ3v) is 4.51. The van der Waals surface area contributed by atoms with Crippen LogP contribution in [0.4, 0.5) is 5.69 Å². The number of aromatic nitrogens is 1. The van der Waals surface area contributed by atoms with E-state index in [1.165, 1.54) is 5.56 Å². The van der Waals surface area contributed by atoms with Crippen LogP contribution in [0.3, 0.4) is 0 Å². The van der Waals surface area contributed by atoms with Gasteiger partial charge in [-0.25, -0.2) is 0 Å². The number of hydrogen-bond acceptors (Lipinski definition) is 4. The first-order valence-electron chi connectivity index (χ1n) is 7.64. The van der Waals surface area contributed by atoms with Gasteiger partial charge >= 0.3 is 0 Å². The molecule has 2 N–H and O–H groups in total. The Morgan fingerprint density at radius 1 is 1.26 bits per heavy atom. The average molecular weight is 330 g/mol. The molecular weight excluding hydrogens is 308 g/mol. The molecule has 0 spiro atoms. The third-order valence-electron chi connectivity index (χ3n) is 3.43. The highest BCUT2D eigenvalue weighted by Gasteiger charge is 2.14. The highest BCUT2D eigenvalue weighted by atomic mass is 32.2. The molecule has 0 aliphatic heterocycles. The Labute approximate surface area is 141 Å². The Kier molecular flexibility index (Phi) is 6.62. The van der Waals surface area contributed by atoms with Gasteiger partial charge in [-0.05, 0) is 41.8 Å². The number of thioether (sulfide) groups is 1. The van der Waals surface area contributed by atoms with Gasteiger partial charge in [0.1, 0.15) is 0 Å². The lowest BCUT2D eigenvalue weighted by atomic mass is 10.0. The number of nitrogens with one attached hydrogen (secondary N) is 1. The SMILES string of the molecule is CC(C)C(O)CC(=O)Nc1ccc(SCc2cccnc2)cc1. The summed E-state index contributed by atoms with van der Waals surface area (Å²) in [6.07, 6.45) is 3.14. The summed E-state index contributed by atoms with van der Waals surface area (Å²) in [4.78, 5) is 17.1. The Morgan fingerprint density at radius 3 is 2.61 bits per heavy atom. The summed E-state index contributed by atoms with van der Waals surface area (Å²) < 4.78 is 0. The van der Waals surface area contributed by atoms with Crippen molar-refractivity contribution in [1.82, 2.24) is 4.98 Å². The van der Waals surface area contributed by atoms with Crippen molar-refractivity contribution in [3.63, 3.8) is 0 Å². The molecule has 0 saturated heterocycles. The van der Waals surface area contributed by atoms with E-state index >= 15 is 0 Å². The molecule has 2 rings (SSSR count). The molecule has 0 bridgehead atoms. The highest BCUT2D eigenvalue weighted by molar-refractivity contribution is 7.98. The molecule has 0 saturated carbocycles. The number of aliphatic hydroxyl groups excluding tert-OH is 1. The number of rotatable bonds is 7. The number of amides is 1. The molecule has 0 fully saturated rings. The Morgan fingerprint density at radius 2 is 2.00 bits per heavy atom. The number of anilines is 1.